The molecule has 6 nitrogen and oxygen atoms in total. The Morgan fingerprint density at radius 1 is 1.12 bits per heavy atom. The van der Waals surface area contributed by atoms with Gasteiger partial charge in [-0.1, -0.05) is 17.9 Å². The molecule has 0 radical (unpaired) electrons. The largest absolute Gasteiger partial charge is 0.378 e. The van der Waals surface area contributed by atoms with E-state index in [0.717, 1.165) is 61.0 Å². The van der Waals surface area contributed by atoms with Crippen LogP contribution in [0.15, 0.2) is 36.4 Å². The van der Waals surface area contributed by atoms with Crippen LogP contribution in [-0.4, -0.2) is 36.8 Å². The van der Waals surface area contributed by atoms with Crippen LogP contribution in [0.2, 0.25) is 0 Å². The fourth-order valence-electron chi connectivity index (χ4n) is 4.73. The molecule has 0 atom stereocenters. The van der Waals surface area contributed by atoms with Crippen LogP contribution in [0.5, 0.6) is 0 Å². The number of hydrogen-bond donors (Lipinski definition) is 1. The lowest BCUT2D eigenvalue weighted by atomic mass is 9.80. The van der Waals surface area contributed by atoms with Crippen molar-refractivity contribution in [3.05, 3.63) is 59.2 Å². The van der Waals surface area contributed by atoms with Crippen molar-refractivity contribution in [3.63, 3.8) is 0 Å². The summed E-state index contributed by atoms with van der Waals surface area (Å²) in [5.74, 6) is 7.88. The Bertz CT molecular complexity index is 1440. The van der Waals surface area contributed by atoms with Crippen LogP contribution in [0.25, 0.3) is 16.7 Å². The van der Waals surface area contributed by atoms with Crippen molar-refractivity contribution in [3.8, 4) is 11.8 Å². The Kier molecular flexibility index (Phi) is 4.21. The number of nitrogens with zero attached hydrogens (tertiary/aromatic N) is 5. The van der Waals surface area contributed by atoms with E-state index in [4.69, 9.17) is 4.98 Å². The highest BCUT2D eigenvalue weighted by atomic mass is 19.1. The number of rotatable bonds is 1. The Hall–Kier alpha value is -3.50. The summed E-state index contributed by atoms with van der Waals surface area (Å²) in [6.45, 7) is 2.62. The van der Waals surface area contributed by atoms with Crippen LogP contribution in [0.4, 0.5) is 15.9 Å². The van der Waals surface area contributed by atoms with Gasteiger partial charge in [-0.25, -0.2) is 4.39 Å². The Balaban J connectivity index is 1.54. The maximum atomic E-state index is 14.3. The molecule has 160 valence electrons. The summed E-state index contributed by atoms with van der Waals surface area (Å²) in [7, 11) is 0. The zero-order valence-electron chi connectivity index (χ0n) is 17.8. The van der Waals surface area contributed by atoms with Gasteiger partial charge in [-0.3, -0.25) is 4.40 Å². The van der Waals surface area contributed by atoms with Crippen molar-refractivity contribution in [1.29, 1.82) is 0 Å². The molecule has 7 heteroatoms. The maximum Gasteiger partial charge on any atom is 0.257 e. The predicted octanol–water partition coefficient (Wildman–Crippen LogP) is 4.08. The lowest BCUT2D eigenvalue weighted by molar-refractivity contribution is 0.0240. The average Bonchev–Trinajstić information content (AvgIpc) is 3.16. The molecule has 1 saturated carbocycles. The zero-order chi connectivity index (χ0) is 21.9. The van der Waals surface area contributed by atoms with Gasteiger partial charge in [0.25, 0.3) is 5.78 Å². The minimum atomic E-state index is -0.844. The molecule has 6 rings (SSSR count). The molecule has 0 amide bonds. The molecule has 32 heavy (non-hydrogen) atoms. The van der Waals surface area contributed by atoms with Gasteiger partial charge < -0.3 is 10.0 Å². The van der Waals surface area contributed by atoms with Gasteiger partial charge in [0, 0.05) is 23.2 Å². The number of aliphatic hydroxyl groups is 1. The van der Waals surface area contributed by atoms with Gasteiger partial charge in [0.1, 0.15) is 23.1 Å². The smallest absolute Gasteiger partial charge is 0.257 e. The molecule has 2 aromatic heterocycles. The number of anilines is 2. The average molecular weight is 427 g/mol. The highest BCUT2D eigenvalue weighted by Gasteiger charge is 2.32. The van der Waals surface area contributed by atoms with Gasteiger partial charge in [0.15, 0.2) is 0 Å². The summed E-state index contributed by atoms with van der Waals surface area (Å²) in [6, 6.07) is 10.8. The van der Waals surface area contributed by atoms with Crippen LogP contribution in [0, 0.1) is 24.6 Å². The Labute approximate surface area is 184 Å². The summed E-state index contributed by atoms with van der Waals surface area (Å²) in [6.07, 6.45) is 4.31. The van der Waals surface area contributed by atoms with Crippen molar-refractivity contribution in [2.24, 2.45) is 0 Å². The first-order chi connectivity index (χ1) is 15.5. The molecule has 2 aliphatic rings. The highest BCUT2D eigenvalue weighted by molar-refractivity contribution is 5.94. The highest BCUT2D eigenvalue weighted by Crippen LogP contribution is 2.38. The third-order valence-corrected chi connectivity index (χ3v) is 6.57. The van der Waals surface area contributed by atoms with E-state index in [1.54, 1.807) is 6.07 Å². The van der Waals surface area contributed by atoms with Crippen LogP contribution in [0.3, 0.4) is 0 Å². The number of benzene rings is 2. The van der Waals surface area contributed by atoms with E-state index < -0.39 is 5.60 Å². The van der Waals surface area contributed by atoms with E-state index in [0.29, 0.717) is 22.8 Å². The second-order valence-corrected chi connectivity index (χ2v) is 8.67. The second kappa shape index (κ2) is 7.01. The molecule has 1 N–H and O–H groups in total. The SMILES string of the molecule is Cc1nnc2nc(N3CCCc4c(C#CC5(O)CCC5)cccc43)c3cc(F)ccc3n12. The van der Waals surface area contributed by atoms with E-state index in [9.17, 15) is 9.50 Å². The summed E-state index contributed by atoms with van der Waals surface area (Å²) in [5, 5.41) is 19.5. The van der Waals surface area contributed by atoms with Crippen LogP contribution in [-0.2, 0) is 6.42 Å². The van der Waals surface area contributed by atoms with E-state index >= 15 is 0 Å². The van der Waals surface area contributed by atoms with E-state index in [-0.39, 0.29) is 5.82 Å². The van der Waals surface area contributed by atoms with Crippen molar-refractivity contribution < 1.29 is 9.50 Å². The maximum absolute atomic E-state index is 14.3. The standard InChI is InChI=1S/C25H22FN5O/c1-16-28-29-24-27-23(20-15-18(26)8-9-22(20)31(16)24)30-14-3-6-19-17(5-2-7-21(19)30)10-13-25(32)11-4-12-25/h2,5,7-9,15,32H,3-4,6,11-12,14H2,1H3. The minimum Gasteiger partial charge on any atom is -0.378 e. The number of halogens is 1. The molecule has 3 heterocycles. The van der Waals surface area contributed by atoms with Crippen molar-refractivity contribution in [2.45, 2.75) is 44.6 Å². The molecule has 0 bridgehead atoms. The van der Waals surface area contributed by atoms with Crippen molar-refractivity contribution in [1.82, 2.24) is 19.6 Å². The van der Waals surface area contributed by atoms with Gasteiger partial charge >= 0.3 is 0 Å². The molecule has 2 aromatic carbocycles. The third kappa shape index (κ3) is 2.94. The fraction of sp³-hybridized carbons (Fsp3) is 0.320. The third-order valence-electron chi connectivity index (χ3n) is 6.57. The molecule has 4 aromatic rings. The van der Waals surface area contributed by atoms with Gasteiger partial charge in [0.05, 0.1) is 5.52 Å². The number of aromatic nitrogens is 4. The summed E-state index contributed by atoms with van der Waals surface area (Å²) in [5.41, 5.74) is 3.06. The van der Waals surface area contributed by atoms with Crippen molar-refractivity contribution >= 4 is 28.2 Å². The Morgan fingerprint density at radius 2 is 2.00 bits per heavy atom. The van der Waals surface area contributed by atoms with E-state index in [1.807, 2.05) is 23.5 Å². The quantitative estimate of drug-likeness (QED) is 0.464. The first-order valence-corrected chi connectivity index (χ1v) is 11.0. The number of fused-ring (bicyclic) bond motifs is 4. The molecule has 1 fully saturated rings. The number of hydrogen-bond acceptors (Lipinski definition) is 5. The summed E-state index contributed by atoms with van der Waals surface area (Å²) >= 11 is 0. The first kappa shape index (κ1) is 19.2. The zero-order valence-corrected chi connectivity index (χ0v) is 17.8. The molecular formula is C25H22FN5O. The molecule has 0 spiro atoms. The van der Waals surface area contributed by atoms with Crippen molar-refractivity contribution in [2.75, 3.05) is 11.4 Å². The fourth-order valence-corrected chi connectivity index (χ4v) is 4.73. The first-order valence-electron chi connectivity index (χ1n) is 11.0. The normalized spacial score (nSPS) is 17.0. The van der Waals surface area contributed by atoms with Crippen LogP contribution in [0.1, 0.15) is 42.6 Å². The topological polar surface area (TPSA) is 66.5 Å². The summed E-state index contributed by atoms with van der Waals surface area (Å²) in [4.78, 5) is 6.93. The predicted molar refractivity (Wildman–Crippen MR) is 120 cm³/mol. The van der Waals surface area contributed by atoms with Crippen LogP contribution < -0.4 is 4.90 Å². The molecule has 0 unspecified atom stereocenters. The Morgan fingerprint density at radius 3 is 2.81 bits per heavy atom. The molecule has 1 aliphatic carbocycles. The second-order valence-electron chi connectivity index (χ2n) is 8.67. The van der Waals surface area contributed by atoms with Gasteiger partial charge in [0.2, 0.25) is 0 Å². The monoisotopic (exact) mass is 427 g/mol. The summed E-state index contributed by atoms with van der Waals surface area (Å²) < 4.78 is 16.1. The van der Waals surface area contributed by atoms with Gasteiger partial charge in [-0.2, -0.15) is 4.98 Å². The molecule has 0 saturated heterocycles. The number of aryl methyl sites for hydroxylation is 1. The molecule has 1 aliphatic heterocycles. The lowest BCUT2D eigenvalue weighted by Gasteiger charge is -2.32. The van der Waals surface area contributed by atoms with Gasteiger partial charge in [-0.05, 0) is 74.9 Å². The minimum absolute atomic E-state index is 0.309. The molecular weight excluding hydrogens is 405 g/mol. The van der Waals surface area contributed by atoms with Crippen LogP contribution >= 0.6 is 0 Å². The lowest BCUT2D eigenvalue weighted by Crippen LogP contribution is -2.34. The van der Waals surface area contributed by atoms with E-state index in [1.165, 1.54) is 12.1 Å². The van der Waals surface area contributed by atoms with E-state index in [2.05, 4.69) is 33.0 Å². The van der Waals surface area contributed by atoms with Gasteiger partial charge in [-0.15, -0.1) is 10.2 Å².